The zero-order valence-electron chi connectivity index (χ0n) is 14.6. The molecule has 1 aliphatic rings. The Morgan fingerprint density at radius 1 is 1.04 bits per heavy atom. The van der Waals surface area contributed by atoms with E-state index in [4.69, 9.17) is 0 Å². The van der Waals surface area contributed by atoms with Crippen LogP contribution in [0.5, 0.6) is 0 Å². The Morgan fingerprint density at radius 3 is 2.69 bits per heavy atom. The molecular weight excluding hydrogens is 362 g/mol. The molecule has 1 heterocycles. The zero-order chi connectivity index (χ0) is 18.1. The van der Waals surface area contributed by atoms with Gasteiger partial charge in [0.2, 0.25) is 10.0 Å². The lowest BCUT2D eigenvalue weighted by Crippen LogP contribution is -2.10. The van der Waals surface area contributed by atoms with Gasteiger partial charge in [-0.25, -0.2) is 8.42 Å². The van der Waals surface area contributed by atoms with Crippen LogP contribution < -0.4 is 4.72 Å². The lowest BCUT2D eigenvalue weighted by molar-refractivity contribution is 0.607. The van der Waals surface area contributed by atoms with E-state index in [9.17, 15) is 8.42 Å². The van der Waals surface area contributed by atoms with E-state index < -0.39 is 10.0 Å². The molecule has 1 unspecified atom stereocenters. The van der Waals surface area contributed by atoms with Crippen LogP contribution in [0.2, 0.25) is 0 Å². The minimum atomic E-state index is -3.27. The molecular formula is C21H21NO2S2. The summed E-state index contributed by atoms with van der Waals surface area (Å²) in [5.74, 6) is 0.317. The summed E-state index contributed by atoms with van der Waals surface area (Å²) in [7, 11) is -3.27. The van der Waals surface area contributed by atoms with Crippen molar-refractivity contribution in [3.63, 3.8) is 0 Å². The first-order chi connectivity index (χ1) is 12.5. The summed E-state index contributed by atoms with van der Waals surface area (Å²) in [6.45, 7) is 0. The first kappa shape index (κ1) is 17.3. The van der Waals surface area contributed by atoms with E-state index >= 15 is 0 Å². The number of rotatable bonds is 4. The molecule has 134 valence electrons. The molecule has 0 radical (unpaired) electrons. The van der Waals surface area contributed by atoms with Gasteiger partial charge in [0.1, 0.15) is 0 Å². The highest BCUT2D eigenvalue weighted by atomic mass is 32.2. The Balaban J connectivity index is 1.72. The number of anilines is 1. The van der Waals surface area contributed by atoms with Crippen LogP contribution in [0, 0.1) is 0 Å². The maximum atomic E-state index is 11.5. The first-order valence-electron chi connectivity index (χ1n) is 8.70. The summed E-state index contributed by atoms with van der Waals surface area (Å²) in [6.07, 6.45) is 4.21. The predicted octanol–water partition coefficient (Wildman–Crippen LogP) is 4.59. The number of nitrogens with one attached hydrogen (secondary N) is 1. The third kappa shape index (κ3) is 3.69. The minimum absolute atomic E-state index is 0.317. The lowest BCUT2D eigenvalue weighted by Gasteiger charge is -2.19. The number of hydrogen-bond donors (Lipinski definition) is 1. The van der Waals surface area contributed by atoms with Crippen LogP contribution in [-0.4, -0.2) is 14.7 Å². The van der Waals surface area contributed by atoms with Crippen LogP contribution in [0.25, 0.3) is 0 Å². The molecule has 0 saturated carbocycles. The zero-order valence-corrected chi connectivity index (χ0v) is 16.2. The van der Waals surface area contributed by atoms with Crippen molar-refractivity contribution in [2.45, 2.75) is 25.2 Å². The van der Waals surface area contributed by atoms with Gasteiger partial charge in [-0.1, -0.05) is 36.4 Å². The quantitative estimate of drug-likeness (QED) is 0.716. The summed E-state index contributed by atoms with van der Waals surface area (Å²) >= 11 is 1.83. The number of benzene rings is 2. The summed E-state index contributed by atoms with van der Waals surface area (Å²) in [4.78, 5) is 1.44. The van der Waals surface area contributed by atoms with Crippen LogP contribution in [0.1, 0.15) is 33.0 Å². The molecule has 1 aliphatic carbocycles. The molecule has 0 spiro atoms. The van der Waals surface area contributed by atoms with Crippen molar-refractivity contribution >= 4 is 27.0 Å². The lowest BCUT2D eigenvalue weighted by atomic mass is 9.88. The van der Waals surface area contributed by atoms with Gasteiger partial charge in [0.25, 0.3) is 0 Å². The van der Waals surface area contributed by atoms with Crippen LogP contribution >= 0.6 is 11.3 Å². The van der Waals surface area contributed by atoms with Crippen molar-refractivity contribution in [2.24, 2.45) is 0 Å². The average molecular weight is 384 g/mol. The van der Waals surface area contributed by atoms with Gasteiger partial charge in [0.15, 0.2) is 0 Å². The second-order valence-electron chi connectivity index (χ2n) is 6.84. The summed E-state index contributed by atoms with van der Waals surface area (Å²) in [5.41, 5.74) is 6.03. The second kappa shape index (κ2) is 6.89. The van der Waals surface area contributed by atoms with E-state index in [0.29, 0.717) is 11.6 Å². The highest BCUT2D eigenvalue weighted by Crippen LogP contribution is 2.39. The fourth-order valence-corrected chi connectivity index (χ4v) is 5.42. The molecule has 3 aromatic rings. The largest absolute Gasteiger partial charge is 0.284 e. The van der Waals surface area contributed by atoms with Gasteiger partial charge in [-0.05, 0) is 65.1 Å². The van der Waals surface area contributed by atoms with Gasteiger partial charge in [-0.2, -0.15) is 0 Å². The molecule has 1 N–H and O–H groups in total. The summed E-state index contributed by atoms with van der Waals surface area (Å²) in [6, 6.07) is 18.7. The van der Waals surface area contributed by atoms with E-state index in [1.165, 1.54) is 27.8 Å². The Morgan fingerprint density at radius 2 is 1.85 bits per heavy atom. The average Bonchev–Trinajstić information content (AvgIpc) is 3.00. The second-order valence-corrected chi connectivity index (χ2v) is 9.54. The van der Waals surface area contributed by atoms with Crippen LogP contribution in [0.15, 0.2) is 60.0 Å². The van der Waals surface area contributed by atoms with Crippen molar-refractivity contribution in [1.82, 2.24) is 0 Å². The third-order valence-corrected chi connectivity index (χ3v) is 6.54. The van der Waals surface area contributed by atoms with E-state index in [-0.39, 0.29) is 0 Å². The monoisotopic (exact) mass is 383 g/mol. The maximum absolute atomic E-state index is 11.5. The van der Waals surface area contributed by atoms with Crippen molar-refractivity contribution < 1.29 is 8.42 Å². The molecule has 0 bridgehead atoms. The van der Waals surface area contributed by atoms with Gasteiger partial charge >= 0.3 is 0 Å². The molecule has 2 aromatic carbocycles. The SMILES string of the molecule is CS(=O)(=O)Nc1cccc(CC2c3ccccc3CCc3ccsc32)c1. The smallest absolute Gasteiger partial charge is 0.229 e. The standard InChI is InChI=1S/C21H21NO2S2/c1-26(23,24)22-18-7-4-5-15(13-18)14-20-19-8-3-2-6-16(19)9-10-17-11-12-25-21(17)20/h2-8,11-13,20,22H,9-10,14H2,1H3. The van der Waals surface area contributed by atoms with Crippen LogP contribution in [0.4, 0.5) is 5.69 Å². The van der Waals surface area contributed by atoms with E-state index in [2.05, 4.69) is 46.5 Å². The van der Waals surface area contributed by atoms with Gasteiger partial charge in [0.05, 0.1) is 6.26 Å². The molecule has 1 aromatic heterocycles. The topological polar surface area (TPSA) is 46.2 Å². The molecule has 0 amide bonds. The molecule has 0 fully saturated rings. The molecule has 0 saturated heterocycles. The molecule has 26 heavy (non-hydrogen) atoms. The molecule has 3 nitrogen and oxygen atoms in total. The summed E-state index contributed by atoms with van der Waals surface area (Å²) in [5, 5.41) is 2.19. The Kier molecular flexibility index (Phi) is 4.59. The van der Waals surface area contributed by atoms with Gasteiger partial charge < -0.3 is 0 Å². The van der Waals surface area contributed by atoms with Gasteiger partial charge in [-0.15, -0.1) is 11.3 Å². The van der Waals surface area contributed by atoms with Crippen molar-refractivity contribution in [1.29, 1.82) is 0 Å². The molecule has 1 atom stereocenters. The minimum Gasteiger partial charge on any atom is -0.284 e. The normalized spacial score (nSPS) is 16.4. The molecule has 0 aliphatic heterocycles. The first-order valence-corrected chi connectivity index (χ1v) is 11.5. The number of thiophene rings is 1. The summed E-state index contributed by atoms with van der Waals surface area (Å²) < 4.78 is 25.6. The Hall–Kier alpha value is -2.11. The third-order valence-electron chi connectivity index (χ3n) is 4.86. The fraction of sp³-hybridized carbons (Fsp3) is 0.238. The molecule has 5 heteroatoms. The van der Waals surface area contributed by atoms with Crippen molar-refractivity contribution in [3.05, 3.63) is 87.1 Å². The van der Waals surface area contributed by atoms with E-state index in [0.717, 1.165) is 24.8 Å². The Bertz CT molecular complexity index is 1040. The van der Waals surface area contributed by atoms with Gasteiger partial charge in [0, 0.05) is 16.5 Å². The maximum Gasteiger partial charge on any atom is 0.229 e. The van der Waals surface area contributed by atoms with E-state index in [1.54, 1.807) is 6.07 Å². The van der Waals surface area contributed by atoms with E-state index in [1.807, 2.05) is 23.5 Å². The number of aryl methyl sites for hydroxylation is 2. The van der Waals surface area contributed by atoms with Gasteiger partial charge in [-0.3, -0.25) is 4.72 Å². The number of hydrogen-bond acceptors (Lipinski definition) is 3. The van der Waals surface area contributed by atoms with Crippen molar-refractivity contribution in [2.75, 3.05) is 11.0 Å². The number of fused-ring (bicyclic) bond motifs is 2. The predicted molar refractivity (Wildman–Crippen MR) is 109 cm³/mol. The highest BCUT2D eigenvalue weighted by molar-refractivity contribution is 7.92. The van der Waals surface area contributed by atoms with Crippen LogP contribution in [-0.2, 0) is 29.3 Å². The number of sulfonamides is 1. The highest BCUT2D eigenvalue weighted by Gasteiger charge is 2.25. The van der Waals surface area contributed by atoms with Crippen LogP contribution in [0.3, 0.4) is 0 Å². The Labute approximate surface area is 158 Å². The van der Waals surface area contributed by atoms with Crippen molar-refractivity contribution in [3.8, 4) is 0 Å². The fourth-order valence-electron chi connectivity index (χ4n) is 3.79. The molecule has 4 rings (SSSR count).